The number of carbonyl (C=O) groups excluding carboxylic acids is 3. The molecule has 0 saturated heterocycles. The number of rotatable bonds is 7. The second kappa shape index (κ2) is 10.4. The van der Waals surface area contributed by atoms with Crippen LogP contribution in [0.3, 0.4) is 0 Å². The maximum absolute atomic E-state index is 11.7. The quantitative estimate of drug-likeness (QED) is 0.507. The van der Waals surface area contributed by atoms with E-state index in [1.165, 1.54) is 7.11 Å². The minimum Gasteiger partial charge on any atom is -0.469 e. The lowest BCUT2D eigenvalue weighted by molar-refractivity contribution is -0.142. The number of hydrogen-bond acceptors (Lipinski definition) is 5. The van der Waals surface area contributed by atoms with Crippen LogP contribution in [0.5, 0.6) is 0 Å². The average molecular weight is 365 g/mol. The third-order valence-corrected chi connectivity index (χ3v) is 3.26. The lowest BCUT2D eigenvalue weighted by Gasteiger charge is -2.11. The van der Waals surface area contributed by atoms with Crippen LogP contribution in [-0.4, -0.2) is 30.0 Å². The Morgan fingerprint density at radius 3 is 2.08 bits per heavy atom. The molecule has 0 bridgehead atoms. The third kappa shape index (κ3) is 8.80. The number of thiocarbonyl (C=S) groups is 1. The van der Waals surface area contributed by atoms with Crippen molar-refractivity contribution in [3.8, 4) is 0 Å². The largest absolute Gasteiger partial charge is 0.469 e. The molecular formula is C17H23N3O4S. The van der Waals surface area contributed by atoms with Gasteiger partial charge in [-0.1, -0.05) is 13.8 Å². The van der Waals surface area contributed by atoms with Crippen molar-refractivity contribution in [3.63, 3.8) is 0 Å². The zero-order valence-corrected chi connectivity index (χ0v) is 15.4. The number of carbonyl (C=O) groups is 3. The molecule has 3 N–H and O–H groups in total. The number of amides is 2. The fourth-order valence-electron chi connectivity index (χ4n) is 1.89. The van der Waals surface area contributed by atoms with Gasteiger partial charge >= 0.3 is 5.97 Å². The first kappa shape index (κ1) is 20.6. The summed E-state index contributed by atoms with van der Waals surface area (Å²) in [4.78, 5) is 34.3. The van der Waals surface area contributed by atoms with Crippen molar-refractivity contribution in [2.24, 2.45) is 5.92 Å². The molecule has 0 aromatic heterocycles. The van der Waals surface area contributed by atoms with Crippen LogP contribution in [0, 0.1) is 5.92 Å². The van der Waals surface area contributed by atoms with Gasteiger partial charge in [-0.05, 0) is 42.4 Å². The molecule has 8 heteroatoms. The number of esters is 1. The van der Waals surface area contributed by atoms with Gasteiger partial charge in [-0.25, -0.2) is 0 Å². The first-order chi connectivity index (χ1) is 11.8. The predicted octanol–water partition coefficient (Wildman–Crippen LogP) is 2.44. The molecule has 0 saturated carbocycles. The standard InChI is InChI=1S/C17H23N3O4S/c1-11(2)10-15(22)18-12-4-6-13(7-5-12)19-17(25)20-14(21)8-9-16(23)24-3/h4-7,11H,8-10H2,1-3H3,(H,18,22)(H2,19,20,21,25). The van der Waals surface area contributed by atoms with E-state index in [9.17, 15) is 14.4 Å². The van der Waals surface area contributed by atoms with Crippen molar-refractivity contribution in [1.82, 2.24) is 5.32 Å². The molecule has 0 aliphatic rings. The number of ether oxygens (including phenoxy) is 1. The number of benzene rings is 1. The van der Waals surface area contributed by atoms with E-state index < -0.39 is 5.97 Å². The van der Waals surface area contributed by atoms with Gasteiger partial charge < -0.3 is 20.7 Å². The summed E-state index contributed by atoms with van der Waals surface area (Å²) in [6, 6.07) is 6.94. The highest BCUT2D eigenvalue weighted by molar-refractivity contribution is 7.80. The van der Waals surface area contributed by atoms with Crippen molar-refractivity contribution in [2.75, 3.05) is 17.7 Å². The van der Waals surface area contributed by atoms with Crippen LogP contribution in [0.4, 0.5) is 11.4 Å². The maximum atomic E-state index is 11.7. The Balaban J connectivity index is 2.44. The van der Waals surface area contributed by atoms with Gasteiger partial charge in [0.1, 0.15) is 0 Å². The van der Waals surface area contributed by atoms with Crippen LogP contribution >= 0.6 is 12.2 Å². The van der Waals surface area contributed by atoms with Gasteiger partial charge in [-0.15, -0.1) is 0 Å². The summed E-state index contributed by atoms with van der Waals surface area (Å²) in [6.45, 7) is 3.96. The van der Waals surface area contributed by atoms with E-state index in [2.05, 4.69) is 20.7 Å². The van der Waals surface area contributed by atoms with Gasteiger partial charge in [0.2, 0.25) is 11.8 Å². The van der Waals surface area contributed by atoms with Gasteiger partial charge in [-0.2, -0.15) is 0 Å². The molecule has 1 rings (SSSR count). The van der Waals surface area contributed by atoms with E-state index in [1.807, 2.05) is 13.8 Å². The fourth-order valence-corrected chi connectivity index (χ4v) is 2.12. The molecule has 0 atom stereocenters. The zero-order valence-electron chi connectivity index (χ0n) is 14.5. The van der Waals surface area contributed by atoms with Gasteiger partial charge in [0.05, 0.1) is 13.5 Å². The summed E-state index contributed by atoms with van der Waals surface area (Å²) in [5.41, 5.74) is 1.35. The van der Waals surface area contributed by atoms with Crippen molar-refractivity contribution in [3.05, 3.63) is 24.3 Å². The molecule has 0 unspecified atom stereocenters. The summed E-state index contributed by atoms with van der Waals surface area (Å²) in [6.07, 6.45) is 0.451. The van der Waals surface area contributed by atoms with E-state index in [0.29, 0.717) is 23.7 Å². The number of methoxy groups -OCH3 is 1. The van der Waals surface area contributed by atoms with Gasteiger partial charge in [0.25, 0.3) is 0 Å². The fraction of sp³-hybridized carbons (Fsp3) is 0.412. The molecular weight excluding hydrogens is 342 g/mol. The van der Waals surface area contributed by atoms with Crippen LogP contribution in [0.1, 0.15) is 33.1 Å². The molecule has 1 aromatic rings. The molecule has 7 nitrogen and oxygen atoms in total. The summed E-state index contributed by atoms with van der Waals surface area (Å²) in [5, 5.41) is 8.27. The molecule has 0 heterocycles. The lowest BCUT2D eigenvalue weighted by Crippen LogP contribution is -2.34. The highest BCUT2D eigenvalue weighted by Gasteiger charge is 2.09. The van der Waals surface area contributed by atoms with Crippen LogP contribution in [0.2, 0.25) is 0 Å². The second-order valence-electron chi connectivity index (χ2n) is 5.80. The highest BCUT2D eigenvalue weighted by Crippen LogP contribution is 2.14. The average Bonchev–Trinajstić information content (AvgIpc) is 2.53. The second-order valence-corrected chi connectivity index (χ2v) is 6.21. The van der Waals surface area contributed by atoms with Gasteiger partial charge in [0.15, 0.2) is 5.11 Å². The molecule has 136 valence electrons. The van der Waals surface area contributed by atoms with Crippen LogP contribution < -0.4 is 16.0 Å². The Kier molecular flexibility index (Phi) is 8.55. The summed E-state index contributed by atoms with van der Waals surface area (Å²) >= 11 is 5.04. The van der Waals surface area contributed by atoms with E-state index >= 15 is 0 Å². The topological polar surface area (TPSA) is 96.5 Å². The smallest absolute Gasteiger partial charge is 0.306 e. The Labute approximate surface area is 152 Å². The van der Waals surface area contributed by atoms with Crippen LogP contribution in [-0.2, 0) is 19.1 Å². The van der Waals surface area contributed by atoms with Crippen LogP contribution in [0.25, 0.3) is 0 Å². The first-order valence-electron chi connectivity index (χ1n) is 7.87. The molecule has 25 heavy (non-hydrogen) atoms. The molecule has 0 aliphatic carbocycles. The molecule has 1 aromatic carbocycles. The first-order valence-corrected chi connectivity index (χ1v) is 8.28. The number of anilines is 2. The predicted molar refractivity (Wildman–Crippen MR) is 100 cm³/mol. The maximum Gasteiger partial charge on any atom is 0.306 e. The minimum atomic E-state index is -0.455. The molecule has 0 aliphatic heterocycles. The number of hydrogen-bond donors (Lipinski definition) is 3. The van der Waals surface area contributed by atoms with E-state index in [4.69, 9.17) is 12.2 Å². The van der Waals surface area contributed by atoms with Gasteiger partial charge in [-0.3, -0.25) is 14.4 Å². The molecule has 2 amide bonds. The van der Waals surface area contributed by atoms with Crippen molar-refractivity contribution >= 4 is 46.5 Å². The van der Waals surface area contributed by atoms with Crippen molar-refractivity contribution in [1.29, 1.82) is 0 Å². The highest BCUT2D eigenvalue weighted by atomic mass is 32.1. The zero-order chi connectivity index (χ0) is 18.8. The Morgan fingerprint density at radius 2 is 1.56 bits per heavy atom. The molecule has 0 fully saturated rings. The van der Waals surface area contributed by atoms with Crippen LogP contribution in [0.15, 0.2) is 24.3 Å². The van der Waals surface area contributed by atoms with Crippen molar-refractivity contribution in [2.45, 2.75) is 33.1 Å². The van der Waals surface area contributed by atoms with E-state index in [0.717, 1.165) is 0 Å². The summed E-state index contributed by atoms with van der Waals surface area (Å²) in [5.74, 6) is -0.574. The minimum absolute atomic E-state index is 0.00425. The Bertz CT molecular complexity index is 629. The third-order valence-electron chi connectivity index (χ3n) is 3.06. The molecule has 0 spiro atoms. The number of nitrogens with one attached hydrogen (secondary N) is 3. The van der Waals surface area contributed by atoms with E-state index in [1.54, 1.807) is 24.3 Å². The SMILES string of the molecule is COC(=O)CCC(=O)NC(=S)Nc1ccc(NC(=O)CC(C)C)cc1. The Hall–Kier alpha value is -2.48. The lowest BCUT2D eigenvalue weighted by atomic mass is 10.1. The molecule has 0 radical (unpaired) electrons. The van der Waals surface area contributed by atoms with Crippen molar-refractivity contribution < 1.29 is 19.1 Å². The Morgan fingerprint density at radius 1 is 1.00 bits per heavy atom. The van der Waals surface area contributed by atoms with Gasteiger partial charge in [0, 0.05) is 24.2 Å². The monoisotopic (exact) mass is 365 g/mol. The summed E-state index contributed by atoms with van der Waals surface area (Å²) in [7, 11) is 1.27. The normalized spacial score (nSPS) is 10.1. The summed E-state index contributed by atoms with van der Waals surface area (Å²) < 4.78 is 4.46. The van der Waals surface area contributed by atoms with E-state index in [-0.39, 0.29) is 29.8 Å².